The van der Waals surface area contributed by atoms with E-state index in [1.807, 2.05) is 17.0 Å². The van der Waals surface area contributed by atoms with E-state index in [4.69, 9.17) is 0 Å². The molecule has 3 rings (SSSR count). The summed E-state index contributed by atoms with van der Waals surface area (Å²) in [5.41, 5.74) is 1.79. The highest BCUT2D eigenvalue weighted by Crippen LogP contribution is 2.19. The number of carbonyl (C=O) groups excluding carboxylic acids is 2. The number of rotatable bonds is 4. The summed E-state index contributed by atoms with van der Waals surface area (Å²) in [4.78, 5) is 33.8. The SMILES string of the molecule is CC(=O)Nc1cccc(Nc2nccc(C(=O)N3CCCC3)n2)c1. The zero-order valence-electron chi connectivity index (χ0n) is 13.5. The van der Waals surface area contributed by atoms with Crippen LogP contribution in [0.15, 0.2) is 36.5 Å². The van der Waals surface area contributed by atoms with Crippen LogP contribution in [0.25, 0.3) is 0 Å². The lowest BCUT2D eigenvalue weighted by Crippen LogP contribution is -2.28. The average Bonchev–Trinajstić information content (AvgIpc) is 3.08. The Labute approximate surface area is 140 Å². The van der Waals surface area contributed by atoms with Crippen LogP contribution in [0.1, 0.15) is 30.3 Å². The molecule has 0 aliphatic carbocycles. The van der Waals surface area contributed by atoms with Crippen molar-refractivity contribution in [1.82, 2.24) is 14.9 Å². The van der Waals surface area contributed by atoms with Gasteiger partial charge in [0.1, 0.15) is 5.69 Å². The molecule has 24 heavy (non-hydrogen) atoms. The van der Waals surface area contributed by atoms with Gasteiger partial charge < -0.3 is 15.5 Å². The first-order valence-electron chi connectivity index (χ1n) is 7.89. The molecule has 0 bridgehead atoms. The Kier molecular flexibility index (Phi) is 4.69. The summed E-state index contributed by atoms with van der Waals surface area (Å²) in [6, 6.07) is 8.84. The number of hydrogen-bond acceptors (Lipinski definition) is 5. The van der Waals surface area contributed by atoms with E-state index >= 15 is 0 Å². The number of nitrogens with one attached hydrogen (secondary N) is 2. The number of carbonyl (C=O) groups is 2. The maximum absolute atomic E-state index is 12.4. The minimum absolute atomic E-state index is 0.0649. The Morgan fingerprint density at radius 2 is 1.88 bits per heavy atom. The Hall–Kier alpha value is -2.96. The second-order valence-corrected chi connectivity index (χ2v) is 5.65. The fourth-order valence-corrected chi connectivity index (χ4v) is 2.63. The molecule has 2 aromatic rings. The highest BCUT2D eigenvalue weighted by atomic mass is 16.2. The van der Waals surface area contributed by atoms with Crippen molar-refractivity contribution in [1.29, 1.82) is 0 Å². The van der Waals surface area contributed by atoms with Crippen LogP contribution in [-0.4, -0.2) is 39.8 Å². The van der Waals surface area contributed by atoms with Gasteiger partial charge in [0, 0.05) is 37.6 Å². The molecule has 7 heteroatoms. The van der Waals surface area contributed by atoms with E-state index < -0.39 is 0 Å². The molecule has 7 nitrogen and oxygen atoms in total. The minimum atomic E-state index is -0.137. The average molecular weight is 325 g/mol. The van der Waals surface area contributed by atoms with Crippen LogP contribution in [0.5, 0.6) is 0 Å². The Balaban J connectivity index is 1.74. The van der Waals surface area contributed by atoms with Crippen molar-refractivity contribution in [3.63, 3.8) is 0 Å². The lowest BCUT2D eigenvalue weighted by Gasteiger charge is -2.15. The maximum Gasteiger partial charge on any atom is 0.272 e. The van der Waals surface area contributed by atoms with E-state index in [0.29, 0.717) is 17.3 Å². The van der Waals surface area contributed by atoms with Crippen molar-refractivity contribution in [2.75, 3.05) is 23.7 Å². The maximum atomic E-state index is 12.4. The van der Waals surface area contributed by atoms with Crippen molar-refractivity contribution < 1.29 is 9.59 Å². The number of anilines is 3. The molecule has 0 unspecified atom stereocenters. The number of aromatic nitrogens is 2. The van der Waals surface area contributed by atoms with Gasteiger partial charge in [-0.05, 0) is 37.1 Å². The normalized spacial score (nSPS) is 13.6. The lowest BCUT2D eigenvalue weighted by molar-refractivity contribution is -0.114. The van der Waals surface area contributed by atoms with Crippen LogP contribution in [0.4, 0.5) is 17.3 Å². The van der Waals surface area contributed by atoms with E-state index in [1.54, 1.807) is 24.4 Å². The van der Waals surface area contributed by atoms with Crippen molar-refractivity contribution in [3.05, 3.63) is 42.2 Å². The van der Waals surface area contributed by atoms with E-state index in [0.717, 1.165) is 31.6 Å². The number of hydrogen-bond donors (Lipinski definition) is 2. The largest absolute Gasteiger partial charge is 0.337 e. The highest BCUT2D eigenvalue weighted by molar-refractivity contribution is 5.92. The van der Waals surface area contributed by atoms with Gasteiger partial charge in [0.2, 0.25) is 11.9 Å². The molecular weight excluding hydrogens is 306 g/mol. The van der Waals surface area contributed by atoms with E-state index in [1.165, 1.54) is 6.92 Å². The summed E-state index contributed by atoms with van der Waals surface area (Å²) in [6.45, 7) is 3.02. The third-order valence-electron chi connectivity index (χ3n) is 3.71. The van der Waals surface area contributed by atoms with Crippen molar-refractivity contribution >= 4 is 29.1 Å². The van der Waals surface area contributed by atoms with Gasteiger partial charge in [-0.25, -0.2) is 9.97 Å². The van der Waals surface area contributed by atoms with Crippen LogP contribution < -0.4 is 10.6 Å². The smallest absolute Gasteiger partial charge is 0.272 e. The molecule has 124 valence electrons. The molecule has 0 spiro atoms. The van der Waals surface area contributed by atoms with Gasteiger partial charge in [0.25, 0.3) is 5.91 Å². The predicted molar refractivity (Wildman–Crippen MR) is 91.2 cm³/mol. The molecule has 0 saturated carbocycles. The second kappa shape index (κ2) is 7.08. The van der Waals surface area contributed by atoms with Crippen molar-refractivity contribution in [2.24, 2.45) is 0 Å². The number of amides is 2. The Morgan fingerprint density at radius 1 is 1.12 bits per heavy atom. The standard InChI is InChI=1S/C17H19N5O2/c1-12(23)19-13-5-4-6-14(11-13)20-17-18-8-7-15(21-17)16(24)22-9-2-3-10-22/h4-8,11H,2-3,9-10H2,1H3,(H,19,23)(H,18,20,21). The van der Waals surface area contributed by atoms with E-state index in [-0.39, 0.29) is 11.8 Å². The quantitative estimate of drug-likeness (QED) is 0.901. The van der Waals surface area contributed by atoms with Gasteiger partial charge in [-0.15, -0.1) is 0 Å². The summed E-state index contributed by atoms with van der Waals surface area (Å²) < 4.78 is 0. The topological polar surface area (TPSA) is 87.2 Å². The summed E-state index contributed by atoms with van der Waals surface area (Å²) in [5, 5.41) is 5.78. The predicted octanol–water partition coefficient (Wildman–Crippen LogP) is 2.41. The van der Waals surface area contributed by atoms with Crippen LogP contribution >= 0.6 is 0 Å². The first-order chi connectivity index (χ1) is 11.6. The van der Waals surface area contributed by atoms with E-state index in [9.17, 15) is 9.59 Å². The number of nitrogens with zero attached hydrogens (tertiary/aromatic N) is 3. The van der Waals surface area contributed by atoms with Crippen LogP contribution in [0.2, 0.25) is 0 Å². The van der Waals surface area contributed by atoms with Gasteiger partial charge >= 0.3 is 0 Å². The number of likely N-dealkylation sites (tertiary alicyclic amines) is 1. The molecule has 2 N–H and O–H groups in total. The molecule has 0 atom stereocenters. The first-order valence-corrected chi connectivity index (χ1v) is 7.89. The molecule has 2 amide bonds. The van der Waals surface area contributed by atoms with Crippen LogP contribution in [0.3, 0.4) is 0 Å². The molecule has 1 saturated heterocycles. The third kappa shape index (κ3) is 3.87. The first kappa shape index (κ1) is 15.9. The summed E-state index contributed by atoms with van der Waals surface area (Å²) in [7, 11) is 0. The zero-order chi connectivity index (χ0) is 16.9. The fraction of sp³-hybridized carbons (Fsp3) is 0.294. The molecule has 0 radical (unpaired) electrons. The molecule has 1 aromatic heterocycles. The number of benzene rings is 1. The molecular formula is C17H19N5O2. The molecule has 1 aromatic carbocycles. The summed E-state index contributed by atoms with van der Waals surface area (Å²) in [5.74, 6) is 0.145. The summed E-state index contributed by atoms with van der Waals surface area (Å²) in [6.07, 6.45) is 3.64. The monoisotopic (exact) mass is 325 g/mol. The molecule has 1 aliphatic rings. The fourth-order valence-electron chi connectivity index (χ4n) is 2.63. The van der Waals surface area contributed by atoms with Crippen molar-refractivity contribution in [2.45, 2.75) is 19.8 Å². The molecule has 1 fully saturated rings. The third-order valence-corrected chi connectivity index (χ3v) is 3.71. The second-order valence-electron chi connectivity index (χ2n) is 5.65. The van der Waals surface area contributed by atoms with Gasteiger partial charge in [0.15, 0.2) is 0 Å². The van der Waals surface area contributed by atoms with Crippen LogP contribution in [0, 0.1) is 0 Å². The van der Waals surface area contributed by atoms with E-state index in [2.05, 4.69) is 20.6 Å². The van der Waals surface area contributed by atoms with Crippen molar-refractivity contribution in [3.8, 4) is 0 Å². The molecule has 2 heterocycles. The minimum Gasteiger partial charge on any atom is -0.337 e. The molecule has 1 aliphatic heterocycles. The zero-order valence-corrected chi connectivity index (χ0v) is 13.5. The van der Waals surface area contributed by atoms with Gasteiger partial charge in [0.05, 0.1) is 0 Å². The highest BCUT2D eigenvalue weighted by Gasteiger charge is 2.20. The Morgan fingerprint density at radius 3 is 2.62 bits per heavy atom. The van der Waals surface area contributed by atoms with Crippen LogP contribution in [-0.2, 0) is 4.79 Å². The Bertz CT molecular complexity index is 756. The van der Waals surface area contributed by atoms with Gasteiger partial charge in [-0.3, -0.25) is 9.59 Å². The lowest BCUT2D eigenvalue weighted by atomic mass is 10.2. The summed E-state index contributed by atoms with van der Waals surface area (Å²) >= 11 is 0. The van der Waals surface area contributed by atoms with Gasteiger partial charge in [-0.2, -0.15) is 0 Å². The van der Waals surface area contributed by atoms with Gasteiger partial charge in [-0.1, -0.05) is 6.07 Å².